The monoisotopic (exact) mass is 268 g/mol. The van der Waals surface area contributed by atoms with Gasteiger partial charge in [-0.05, 0) is 32.1 Å². The summed E-state index contributed by atoms with van der Waals surface area (Å²) >= 11 is 0. The highest BCUT2D eigenvalue weighted by molar-refractivity contribution is 5.78. The van der Waals surface area contributed by atoms with Crippen molar-refractivity contribution in [2.75, 3.05) is 33.0 Å². The largest absolute Gasteiger partial charge is 0.361 e. The average molecular weight is 268 g/mol. The Hall–Kier alpha value is -1.10. The Kier molecular flexibility index (Phi) is 5.63. The van der Waals surface area contributed by atoms with Crippen LogP contribution >= 0.6 is 0 Å². The fourth-order valence-corrected chi connectivity index (χ4v) is 2.62. The van der Waals surface area contributed by atoms with Gasteiger partial charge in [0, 0.05) is 39.1 Å². The molecule has 2 amide bonds. The summed E-state index contributed by atoms with van der Waals surface area (Å²) in [5, 5.41) is 0. The number of likely N-dealkylation sites (tertiary alicyclic amines) is 2. The van der Waals surface area contributed by atoms with Crippen molar-refractivity contribution >= 4 is 11.8 Å². The van der Waals surface area contributed by atoms with Gasteiger partial charge >= 0.3 is 0 Å². The minimum absolute atomic E-state index is 0.217. The lowest BCUT2D eigenvalue weighted by Gasteiger charge is -2.26. The van der Waals surface area contributed by atoms with Crippen LogP contribution in [0.2, 0.25) is 0 Å². The molecule has 2 aliphatic rings. The maximum atomic E-state index is 11.5. The van der Waals surface area contributed by atoms with Gasteiger partial charge in [-0.1, -0.05) is 0 Å². The second kappa shape index (κ2) is 7.48. The van der Waals surface area contributed by atoms with E-state index in [-0.39, 0.29) is 5.91 Å². The first-order valence-electron chi connectivity index (χ1n) is 7.40. The normalized spacial score (nSPS) is 20.4. The number of amides is 2. The van der Waals surface area contributed by atoms with Crippen molar-refractivity contribution in [3.8, 4) is 0 Å². The molecule has 0 saturated carbocycles. The van der Waals surface area contributed by atoms with Crippen molar-refractivity contribution in [1.29, 1.82) is 0 Å². The van der Waals surface area contributed by atoms with Crippen LogP contribution in [0.4, 0.5) is 0 Å². The minimum Gasteiger partial charge on any atom is -0.361 e. The van der Waals surface area contributed by atoms with E-state index in [1.807, 2.05) is 4.90 Å². The molecule has 0 unspecified atom stereocenters. The van der Waals surface area contributed by atoms with Gasteiger partial charge in [0.1, 0.15) is 6.73 Å². The molecular formula is C14H24N2O3. The van der Waals surface area contributed by atoms with Gasteiger partial charge < -0.3 is 14.5 Å². The van der Waals surface area contributed by atoms with E-state index in [2.05, 4.69) is 0 Å². The van der Waals surface area contributed by atoms with E-state index in [1.54, 1.807) is 4.90 Å². The molecule has 0 N–H and O–H groups in total. The topological polar surface area (TPSA) is 49.9 Å². The number of carbonyl (C=O) groups excluding carboxylic acids is 2. The molecule has 0 aromatic carbocycles. The summed E-state index contributed by atoms with van der Waals surface area (Å²) in [6, 6.07) is 0. The molecule has 5 nitrogen and oxygen atoms in total. The van der Waals surface area contributed by atoms with Gasteiger partial charge in [-0.2, -0.15) is 0 Å². The van der Waals surface area contributed by atoms with Gasteiger partial charge in [0.05, 0.1) is 0 Å². The lowest BCUT2D eigenvalue weighted by molar-refractivity contribution is -0.139. The van der Waals surface area contributed by atoms with Crippen molar-refractivity contribution in [2.45, 2.75) is 44.9 Å². The molecule has 2 saturated heterocycles. The van der Waals surface area contributed by atoms with Crippen LogP contribution in [0.1, 0.15) is 44.9 Å². The van der Waals surface area contributed by atoms with Crippen LogP contribution in [0, 0.1) is 0 Å². The summed E-state index contributed by atoms with van der Waals surface area (Å²) in [6.45, 7) is 3.71. The lowest BCUT2D eigenvalue weighted by Crippen LogP contribution is -2.37. The highest BCUT2D eigenvalue weighted by Gasteiger charge is 2.19. The van der Waals surface area contributed by atoms with Crippen molar-refractivity contribution in [3.05, 3.63) is 0 Å². The Morgan fingerprint density at radius 2 is 1.63 bits per heavy atom. The molecule has 0 atom stereocenters. The van der Waals surface area contributed by atoms with Crippen molar-refractivity contribution in [1.82, 2.24) is 9.80 Å². The van der Waals surface area contributed by atoms with Crippen LogP contribution < -0.4 is 0 Å². The fraction of sp³-hybridized carbons (Fsp3) is 0.857. The molecular weight excluding hydrogens is 244 g/mol. The summed E-state index contributed by atoms with van der Waals surface area (Å²) < 4.78 is 5.54. The van der Waals surface area contributed by atoms with Gasteiger partial charge in [-0.25, -0.2) is 0 Å². The molecule has 5 heteroatoms. The highest BCUT2D eigenvalue weighted by Crippen LogP contribution is 2.11. The predicted molar refractivity (Wildman–Crippen MR) is 71.4 cm³/mol. The van der Waals surface area contributed by atoms with Crippen LogP contribution in [0.5, 0.6) is 0 Å². The van der Waals surface area contributed by atoms with E-state index in [4.69, 9.17) is 4.74 Å². The molecule has 0 aliphatic carbocycles. The number of hydrogen-bond donors (Lipinski definition) is 0. The first-order chi connectivity index (χ1) is 9.27. The van der Waals surface area contributed by atoms with Gasteiger partial charge in [0.25, 0.3) is 0 Å². The highest BCUT2D eigenvalue weighted by atomic mass is 16.5. The summed E-state index contributed by atoms with van der Waals surface area (Å²) in [5.41, 5.74) is 0. The quantitative estimate of drug-likeness (QED) is 0.655. The summed E-state index contributed by atoms with van der Waals surface area (Å²) in [4.78, 5) is 26.7. The van der Waals surface area contributed by atoms with E-state index < -0.39 is 0 Å². The zero-order chi connectivity index (χ0) is 13.5. The minimum atomic E-state index is 0.217. The number of piperidine rings is 1. The van der Waals surface area contributed by atoms with E-state index in [1.165, 1.54) is 0 Å². The first-order valence-corrected chi connectivity index (χ1v) is 7.40. The number of nitrogens with zero attached hydrogens (tertiary/aromatic N) is 2. The van der Waals surface area contributed by atoms with Crippen molar-refractivity contribution in [2.24, 2.45) is 0 Å². The van der Waals surface area contributed by atoms with Crippen molar-refractivity contribution < 1.29 is 14.3 Å². The Morgan fingerprint density at radius 3 is 2.37 bits per heavy atom. The Bertz CT molecular complexity index is 320. The third kappa shape index (κ3) is 4.49. The number of ether oxygens (including phenoxy) is 1. The molecule has 0 aromatic heterocycles. The molecule has 2 rings (SSSR count). The third-order valence-electron chi connectivity index (χ3n) is 3.81. The first kappa shape index (κ1) is 14.3. The Morgan fingerprint density at radius 1 is 0.895 bits per heavy atom. The van der Waals surface area contributed by atoms with Crippen LogP contribution in [0.3, 0.4) is 0 Å². The standard InChI is InChI=1S/C14H24N2O3/c17-13-7-5-10-15(13)8-3-4-11-19-12-16-9-2-1-6-14(16)18/h1-12H2. The van der Waals surface area contributed by atoms with Crippen LogP contribution in [0.25, 0.3) is 0 Å². The molecule has 0 radical (unpaired) electrons. The molecule has 0 aromatic rings. The number of carbonyl (C=O) groups is 2. The third-order valence-corrected chi connectivity index (χ3v) is 3.81. The maximum Gasteiger partial charge on any atom is 0.224 e. The molecule has 0 bridgehead atoms. The zero-order valence-electron chi connectivity index (χ0n) is 11.6. The molecule has 2 fully saturated rings. The van der Waals surface area contributed by atoms with Gasteiger partial charge in [-0.15, -0.1) is 0 Å². The van der Waals surface area contributed by atoms with Crippen LogP contribution in [-0.4, -0.2) is 54.6 Å². The Labute approximate surface area is 114 Å². The van der Waals surface area contributed by atoms with E-state index in [9.17, 15) is 9.59 Å². The summed E-state index contributed by atoms with van der Waals surface area (Å²) in [6.07, 6.45) is 6.43. The summed E-state index contributed by atoms with van der Waals surface area (Å²) in [7, 11) is 0. The fourth-order valence-electron chi connectivity index (χ4n) is 2.62. The molecule has 2 aliphatic heterocycles. The van der Waals surface area contributed by atoms with E-state index in [0.717, 1.165) is 51.7 Å². The van der Waals surface area contributed by atoms with Crippen molar-refractivity contribution in [3.63, 3.8) is 0 Å². The van der Waals surface area contributed by atoms with E-state index >= 15 is 0 Å². The smallest absolute Gasteiger partial charge is 0.224 e. The van der Waals surface area contributed by atoms with Crippen LogP contribution in [0.15, 0.2) is 0 Å². The predicted octanol–water partition coefficient (Wildman–Crippen LogP) is 1.38. The van der Waals surface area contributed by atoms with Gasteiger partial charge in [0.2, 0.25) is 11.8 Å². The molecule has 19 heavy (non-hydrogen) atoms. The second-order valence-corrected chi connectivity index (χ2v) is 5.34. The maximum absolute atomic E-state index is 11.5. The van der Waals surface area contributed by atoms with E-state index in [0.29, 0.717) is 32.1 Å². The average Bonchev–Trinajstić information content (AvgIpc) is 2.81. The second-order valence-electron chi connectivity index (χ2n) is 5.34. The van der Waals surface area contributed by atoms with Gasteiger partial charge in [-0.3, -0.25) is 9.59 Å². The lowest BCUT2D eigenvalue weighted by atomic mass is 10.1. The number of hydrogen-bond acceptors (Lipinski definition) is 3. The van der Waals surface area contributed by atoms with Gasteiger partial charge in [0.15, 0.2) is 0 Å². The molecule has 108 valence electrons. The van der Waals surface area contributed by atoms with Crippen LogP contribution in [-0.2, 0) is 14.3 Å². The SMILES string of the molecule is O=C1CCCN1CCCCOCN1CCCCC1=O. The number of rotatable bonds is 7. The molecule has 0 spiro atoms. The number of unbranched alkanes of at least 4 members (excludes halogenated alkanes) is 1. The zero-order valence-corrected chi connectivity index (χ0v) is 11.6. The molecule has 2 heterocycles. The summed E-state index contributed by atoms with van der Waals surface area (Å²) in [5.74, 6) is 0.508. The Balaban J connectivity index is 1.48.